The van der Waals surface area contributed by atoms with Crippen molar-refractivity contribution in [1.29, 1.82) is 5.26 Å². The normalized spacial score (nSPS) is 10.3. The zero-order valence-electron chi connectivity index (χ0n) is 13.5. The summed E-state index contributed by atoms with van der Waals surface area (Å²) in [5, 5.41) is 17.3. The number of benzene rings is 1. The van der Waals surface area contributed by atoms with Gasteiger partial charge in [0.1, 0.15) is 18.2 Å². The second kappa shape index (κ2) is 7.21. The van der Waals surface area contributed by atoms with E-state index in [9.17, 15) is 9.59 Å². The topological polar surface area (TPSA) is 111 Å². The number of hydrogen-bond acceptors (Lipinski definition) is 7. The van der Waals surface area contributed by atoms with Gasteiger partial charge in [0, 0.05) is 6.20 Å². The van der Waals surface area contributed by atoms with Gasteiger partial charge >= 0.3 is 5.97 Å². The SMILES string of the molecule is COC(=O)c1cc(C#N)c(=O)n(Cc2nnc(-c3ccccc3Cl)o2)c1. The van der Waals surface area contributed by atoms with Gasteiger partial charge in [-0.3, -0.25) is 4.79 Å². The van der Waals surface area contributed by atoms with Crippen molar-refractivity contribution in [1.82, 2.24) is 14.8 Å². The van der Waals surface area contributed by atoms with Crippen LogP contribution in [0.1, 0.15) is 21.8 Å². The lowest BCUT2D eigenvalue weighted by Crippen LogP contribution is -2.24. The highest BCUT2D eigenvalue weighted by molar-refractivity contribution is 6.33. The van der Waals surface area contributed by atoms with Crippen LogP contribution in [0.3, 0.4) is 0 Å². The van der Waals surface area contributed by atoms with Crippen LogP contribution in [-0.4, -0.2) is 27.8 Å². The van der Waals surface area contributed by atoms with Crippen LogP contribution in [0.15, 0.2) is 45.7 Å². The molecule has 0 unspecified atom stereocenters. The number of halogens is 1. The zero-order chi connectivity index (χ0) is 18.7. The van der Waals surface area contributed by atoms with Gasteiger partial charge in [0.15, 0.2) is 0 Å². The first-order chi connectivity index (χ1) is 12.5. The summed E-state index contributed by atoms with van der Waals surface area (Å²) in [5.74, 6) is -0.353. The summed E-state index contributed by atoms with van der Waals surface area (Å²) in [6.07, 6.45) is 1.27. The minimum Gasteiger partial charge on any atom is -0.465 e. The molecule has 0 N–H and O–H groups in total. The van der Waals surface area contributed by atoms with Crippen LogP contribution in [-0.2, 0) is 11.3 Å². The van der Waals surface area contributed by atoms with Crippen LogP contribution in [0.4, 0.5) is 0 Å². The number of hydrogen-bond donors (Lipinski definition) is 0. The number of aromatic nitrogens is 3. The average Bonchev–Trinajstić information content (AvgIpc) is 3.11. The van der Waals surface area contributed by atoms with Crippen LogP contribution in [0.25, 0.3) is 11.5 Å². The molecular formula is C17H11ClN4O4. The van der Waals surface area contributed by atoms with Crippen molar-refractivity contribution in [3.8, 4) is 17.5 Å². The quantitative estimate of drug-likeness (QED) is 0.647. The van der Waals surface area contributed by atoms with Crippen molar-refractivity contribution in [2.75, 3.05) is 7.11 Å². The van der Waals surface area contributed by atoms with E-state index in [1.165, 1.54) is 19.4 Å². The molecule has 2 heterocycles. The molecule has 8 nitrogen and oxygen atoms in total. The summed E-state index contributed by atoms with van der Waals surface area (Å²) in [7, 11) is 1.21. The molecule has 0 atom stereocenters. The Bertz CT molecular complexity index is 1080. The lowest BCUT2D eigenvalue weighted by molar-refractivity contribution is 0.0599. The van der Waals surface area contributed by atoms with E-state index in [0.717, 1.165) is 4.57 Å². The monoisotopic (exact) mass is 370 g/mol. The molecule has 2 aromatic heterocycles. The molecule has 26 heavy (non-hydrogen) atoms. The Labute approximate surface area is 152 Å². The molecule has 0 fully saturated rings. The number of rotatable bonds is 4. The molecule has 0 amide bonds. The van der Waals surface area contributed by atoms with E-state index in [-0.39, 0.29) is 29.5 Å². The predicted molar refractivity (Wildman–Crippen MR) is 90.6 cm³/mol. The van der Waals surface area contributed by atoms with Crippen molar-refractivity contribution in [3.05, 3.63) is 68.9 Å². The number of esters is 1. The highest BCUT2D eigenvalue weighted by Gasteiger charge is 2.16. The fraction of sp³-hybridized carbons (Fsp3) is 0.118. The van der Waals surface area contributed by atoms with Gasteiger partial charge < -0.3 is 13.7 Å². The van der Waals surface area contributed by atoms with Crippen molar-refractivity contribution in [2.24, 2.45) is 0 Å². The maximum absolute atomic E-state index is 12.3. The Balaban J connectivity index is 1.97. The third-order valence-corrected chi connectivity index (χ3v) is 3.83. The van der Waals surface area contributed by atoms with Gasteiger partial charge in [-0.25, -0.2) is 4.79 Å². The van der Waals surface area contributed by atoms with Gasteiger partial charge in [0.05, 0.1) is 23.3 Å². The van der Waals surface area contributed by atoms with Gasteiger partial charge in [0.25, 0.3) is 5.56 Å². The molecule has 0 radical (unpaired) electrons. The van der Waals surface area contributed by atoms with E-state index in [4.69, 9.17) is 21.3 Å². The number of carbonyl (C=O) groups excluding carboxylic acids is 1. The summed E-state index contributed by atoms with van der Waals surface area (Å²) >= 11 is 6.09. The predicted octanol–water partition coefficient (Wildman–Crippen LogP) is 2.26. The van der Waals surface area contributed by atoms with Crippen molar-refractivity contribution >= 4 is 17.6 Å². The molecular weight excluding hydrogens is 360 g/mol. The van der Waals surface area contributed by atoms with Crippen LogP contribution in [0.2, 0.25) is 5.02 Å². The fourth-order valence-corrected chi connectivity index (χ4v) is 2.49. The van der Waals surface area contributed by atoms with Crippen molar-refractivity contribution in [3.63, 3.8) is 0 Å². The first-order valence-corrected chi connectivity index (χ1v) is 7.71. The summed E-state index contributed by atoms with van der Waals surface area (Å²) in [6, 6.07) is 9.87. The third-order valence-electron chi connectivity index (χ3n) is 3.50. The second-order valence-electron chi connectivity index (χ2n) is 5.16. The lowest BCUT2D eigenvalue weighted by Gasteiger charge is -2.06. The third kappa shape index (κ3) is 3.34. The smallest absolute Gasteiger partial charge is 0.339 e. The number of methoxy groups -OCH3 is 1. The van der Waals surface area contributed by atoms with E-state index in [0.29, 0.717) is 10.6 Å². The van der Waals surface area contributed by atoms with Crippen LogP contribution in [0.5, 0.6) is 0 Å². The Morgan fingerprint density at radius 3 is 2.85 bits per heavy atom. The molecule has 9 heteroatoms. The highest BCUT2D eigenvalue weighted by Crippen LogP contribution is 2.26. The fourth-order valence-electron chi connectivity index (χ4n) is 2.27. The molecule has 0 saturated carbocycles. The average molecular weight is 371 g/mol. The minimum atomic E-state index is -0.669. The van der Waals surface area contributed by atoms with E-state index >= 15 is 0 Å². The van der Waals surface area contributed by atoms with Crippen molar-refractivity contribution in [2.45, 2.75) is 6.54 Å². The number of nitrogens with zero attached hydrogens (tertiary/aromatic N) is 4. The van der Waals surface area contributed by atoms with Gasteiger partial charge in [0.2, 0.25) is 11.8 Å². The summed E-state index contributed by atoms with van der Waals surface area (Å²) in [4.78, 5) is 24.0. The van der Waals surface area contributed by atoms with E-state index in [1.807, 2.05) is 0 Å². The minimum absolute atomic E-state index is 0.0643. The molecule has 1 aromatic carbocycles. The summed E-state index contributed by atoms with van der Waals surface area (Å²) in [5.41, 5.74) is -0.160. The Morgan fingerprint density at radius 1 is 1.38 bits per heavy atom. The van der Waals surface area contributed by atoms with Crippen LogP contribution < -0.4 is 5.56 Å². The van der Waals surface area contributed by atoms with Gasteiger partial charge in [-0.1, -0.05) is 23.7 Å². The standard InChI is InChI=1S/C17H11ClN4O4/c1-25-17(24)11-6-10(7-19)16(23)22(8-11)9-14-20-21-15(26-14)12-4-2-3-5-13(12)18/h2-6,8H,9H2,1H3. The van der Waals surface area contributed by atoms with E-state index in [2.05, 4.69) is 14.9 Å². The molecule has 0 aliphatic carbocycles. The molecule has 0 bridgehead atoms. The maximum atomic E-state index is 12.3. The molecule has 0 saturated heterocycles. The highest BCUT2D eigenvalue weighted by atomic mass is 35.5. The van der Waals surface area contributed by atoms with Gasteiger partial charge in [-0.15, -0.1) is 10.2 Å². The van der Waals surface area contributed by atoms with Crippen LogP contribution in [0, 0.1) is 11.3 Å². The van der Waals surface area contributed by atoms with E-state index < -0.39 is 11.5 Å². The van der Waals surface area contributed by atoms with Crippen LogP contribution >= 0.6 is 11.6 Å². The Kier molecular flexibility index (Phi) is 4.82. The van der Waals surface area contributed by atoms with Gasteiger partial charge in [-0.2, -0.15) is 5.26 Å². The number of carbonyl (C=O) groups is 1. The largest absolute Gasteiger partial charge is 0.465 e. The second-order valence-corrected chi connectivity index (χ2v) is 5.57. The molecule has 0 aliphatic rings. The summed E-state index contributed by atoms with van der Waals surface area (Å²) < 4.78 is 11.3. The Morgan fingerprint density at radius 2 is 2.15 bits per heavy atom. The molecule has 0 spiro atoms. The first-order valence-electron chi connectivity index (χ1n) is 7.33. The first kappa shape index (κ1) is 17.4. The molecule has 3 rings (SSSR count). The number of pyridine rings is 1. The number of nitriles is 1. The van der Waals surface area contributed by atoms with Crippen molar-refractivity contribution < 1.29 is 13.9 Å². The number of ether oxygens (including phenoxy) is 1. The van der Waals surface area contributed by atoms with E-state index in [1.54, 1.807) is 30.3 Å². The summed E-state index contributed by atoms with van der Waals surface area (Å²) in [6.45, 7) is -0.115. The van der Waals surface area contributed by atoms with Gasteiger partial charge in [-0.05, 0) is 18.2 Å². The zero-order valence-corrected chi connectivity index (χ0v) is 14.2. The molecule has 3 aromatic rings. The lowest BCUT2D eigenvalue weighted by atomic mass is 10.2. The maximum Gasteiger partial charge on any atom is 0.339 e. The molecule has 130 valence electrons. The molecule has 0 aliphatic heterocycles. The Hall–Kier alpha value is -3.44.